The zero-order chi connectivity index (χ0) is 34.3. The summed E-state index contributed by atoms with van der Waals surface area (Å²) in [5, 5.41) is 39.5. The van der Waals surface area contributed by atoms with E-state index in [2.05, 4.69) is 21.3 Å². The summed E-state index contributed by atoms with van der Waals surface area (Å²) in [4.78, 5) is 86.6. The van der Waals surface area contributed by atoms with E-state index in [1.807, 2.05) is 0 Å². The Kier molecular flexibility index (Phi) is 16.2. The number of carboxylic acids is 2. The molecule has 1 rings (SSSR count). The number of nitrogens with two attached hydrogens (primary N) is 2. The molecule has 11 N–H and O–H groups in total. The van der Waals surface area contributed by atoms with Crippen LogP contribution in [0.25, 0.3) is 0 Å². The van der Waals surface area contributed by atoms with Crippen molar-refractivity contribution in [2.24, 2.45) is 11.7 Å². The third kappa shape index (κ3) is 15.1. The number of rotatable bonds is 20. The summed E-state index contributed by atoms with van der Waals surface area (Å²) in [7, 11) is 0. The molecule has 0 aliphatic heterocycles. The molecule has 0 saturated heterocycles. The molecule has 5 amide bonds. The van der Waals surface area contributed by atoms with E-state index < -0.39 is 84.3 Å². The van der Waals surface area contributed by atoms with Gasteiger partial charge < -0.3 is 47.6 Å². The quantitative estimate of drug-likeness (QED) is 0.0669. The Morgan fingerprint density at radius 3 is 1.84 bits per heavy atom. The Bertz CT molecular complexity index is 1190. The maximum atomic E-state index is 13.2. The summed E-state index contributed by atoms with van der Waals surface area (Å²) in [6, 6.07) is 2.11. The molecule has 0 aromatic heterocycles. The van der Waals surface area contributed by atoms with Crippen molar-refractivity contribution in [1.29, 1.82) is 0 Å². The van der Waals surface area contributed by atoms with Crippen molar-refractivity contribution in [2.45, 2.75) is 96.2 Å². The molecule has 1 aromatic rings. The van der Waals surface area contributed by atoms with Crippen LogP contribution in [0.15, 0.2) is 30.3 Å². The third-order valence-electron chi connectivity index (χ3n) is 6.55. The van der Waals surface area contributed by atoms with Crippen LogP contribution in [0.2, 0.25) is 0 Å². The fraction of sp³-hybridized carbons (Fsp3) is 0.552. The first-order chi connectivity index (χ1) is 21.0. The zero-order valence-corrected chi connectivity index (χ0v) is 25.8. The predicted molar refractivity (Wildman–Crippen MR) is 159 cm³/mol. The number of quaternary nitrogens is 1. The molecular formula is C29H45N6O10+. The molecule has 0 aliphatic rings. The molecule has 0 fully saturated rings. The smallest absolute Gasteiger partial charge is 0.326 e. The molecule has 250 valence electrons. The molecule has 0 saturated carbocycles. The van der Waals surface area contributed by atoms with Crippen molar-refractivity contribution in [2.75, 3.05) is 0 Å². The minimum absolute atomic E-state index is 0.0239. The number of benzene rings is 1. The Morgan fingerprint density at radius 2 is 1.33 bits per heavy atom. The molecule has 16 heteroatoms. The average molecular weight is 638 g/mol. The van der Waals surface area contributed by atoms with Crippen molar-refractivity contribution < 1.29 is 54.2 Å². The van der Waals surface area contributed by atoms with Crippen molar-refractivity contribution in [3.63, 3.8) is 0 Å². The summed E-state index contributed by atoms with van der Waals surface area (Å²) in [5.41, 5.74) is 5.80. The molecule has 6 atom stereocenters. The van der Waals surface area contributed by atoms with Crippen LogP contribution in [0.4, 0.5) is 0 Å². The van der Waals surface area contributed by atoms with E-state index in [0.717, 1.165) is 0 Å². The number of primary amides is 1. The van der Waals surface area contributed by atoms with Crippen LogP contribution >= 0.6 is 0 Å². The summed E-state index contributed by atoms with van der Waals surface area (Å²) >= 11 is 0. The standard InChI is InChI=1S/C29H44N6O10/c1-15(2)12-20(27(42)35-22(29(44)45)13-18-8-6-5-7-9-18)34-28(43)21(14-24(38)39)33-25(40)16(3)31-26(41)19(32-17(4)36)10-11-23(30)37/h5-9,15-17,19-22,32,36H,10-14H2,1-4H3,(H2,30,37)(H,31,41)(H,33,40)(H,34,43)(H,35,42)(H,38,39)(H,44,45)/p+1/t16-,17-,19-,20-,21-,22-/m0/s1. The molecule has 0 unspecified atom stereocenters. The topological polar surface area (TPSA) is 271 Å². The van der Waals surface area contributed by atoms with Crippen LogP contribution in [-0.2, 0) is 40.0 Å². The number of aliphatic hydroxyl groups is 1. The van der Waals surface area contributed by atoms with Gasteiger partial charge in [0.05, 0.1) is 6.42 Å². The lowest BCUT2D eigenvalue weighted by molar-refractivity contribution is -0.739. The number of hydrogen-bond donors (Lipinski definition) is 9. The van der Waals surface area contributed by atoms with Crippen molar-refractivity contribution >= 4 is 41.5 Å². The number of hydrogen-bond acceptors (Lipinski definition) is 8. The number of aliphatic hydroxyl groups excluding tert-OH is 1. The van der Waals surface area contributed by atoms with Gasteiger partial charge in [-0.05, 0) is 24.8 Å². The lowest BCUT2D eigenvalue weighted by Crippen LogP contribution is -2.97. The van der Waals surface area contributed by atoms with Gasteiger partial charge in [-0.2, -0.15) is 0 Å². The van der Waals surface area contributed by atoms with E-state index in [9.17, 15) is 48.9 Å². The first kappa shape index (κ1) is 38.5. The molecule has 0 aliphatic carbocycles. The van der Waals surface area contributed by atoms with E-state index >= 15 is 0 Å². The van der Waals surface area contributed by atoms with Gasteiger partial charge in [0.2, 0.25) is 23.6 Å². The van der Waals surface area contributed by atoms with Gasteiger partial charge in [-0.25, -0.2) is 4.79 Å². The third-order valence-corrected chi connectivity index (χ3v) is 6.55. The highest BCUT2D eigenvalue weighted by atomic mass is 16.4. The molecule has 1 aromatic carbocycles. The van der Waals surface area contributed by atoms with Gasteiger partial charge >= 0.3 is 11.9 Å². The minimum Gasteiger partial charge on any atom is -0.481 e. The van der Waals surface area contributed by atoms with E-state index in [4.69, 9.17) is 5.73 Å². The average Bonchev–Trinajstić information content (AvgIpc) is 2.93. The second-order valence-corrected chi connectivity index (χ2v) is 11.2. The van der Waals surface area contributed by atoms with Gasteiger partial charge in [-0.1, -0.05) is 44.2 Å². The van der Waals surface area contributed by atoms with Crippen LogP contribution in [0.3, 0.4) is 0 Å². The van der Waals surface area contributed by atoms with Gasteiger partial charge in [-0.3, -0.25) is 28.8 Å². The summed E-state index contributed by atoms with van der Waals surface area (Å²) < 4.78 is 0. The van der Waals surface area contributed by atoms with Gasteiger partial charge in [-0.15, -0.1) is 0 Å². The van der Waals surface area contributed by atoms with E-state index in [-0.39, 0.29) is 31.6 Å². The molecule has 0 spiro atoms. The fourth-order valence-electron chi connectivity index (χ4n) is 4.31. The molecule has 0 radical (unpaired) electrons. The summed E-state index contributed by atoms with van der Waals surface area (Å²) in [6.07, 6.45) is -2.02. The Morgan fingerprint density at radius 1 is 0.778 bits per heavy atom. The predicted octanol–water partition coefficient (Wildman–Crippen LogP) is -2.67. The van der Waals surface area contributed by atoms with Crippen LogP contribution in [0.1, 0.15) is 58.9 Å². The second-order valence-electron chi connectivity index (χ2n) is 11.2. The van der Waals surface area contributed by atoms with E-state index in [1.54, 1.807) is 44.2 Å². The normalized spacial score (nSPS) is 15.0. The Balaban J connectivity index is 3.03. The van der Waals surface area contributed by atoms with Gasteiger partial charge in [0.1, 0.15) is 24.2 Å². The zero-order valence-electron chi connectivity index (χ0n) is 25.8. The number of aliphatic carboxylic acids is 2. The van der Waals surface area contributed by atoms with E-state index in [0.29, 0.717) is 5.56 Å². The van der Waals surface area contributed by atoms with Crippen molar-refractivity contribution in [3.8, 4) is 0 Å². The molecule has 16 nitrogen and oxygen atoms in total. The van der Waals surface area contributed by atoms with Crippen LogP contribution in [0, 0.1) is 5.92 Å². The largest absolute Gasteiger partial charge is 0.481 e. The summed E-state index contributed by atoms with van der Waals surface area (Å²) in [6.45, 7) is 6.20. The molecule has 45 heavy (non-hydrogen) atoms. The maximum absolute atomic E-state index is 13.2. The van der Waals surface area contributed by atoms with Crippen LogP contribution in [0.5, 0.6) is 0 Å². The first-order valence-electron chi connectivity index (χ1n) is 14.5. The van der Waals surface area contributed by atoms with Gasteiger partial charge in [0.25, 0.3) is 5.91 Å². The number of carboxylic acid groups (broad SMARTS) is 2. The van der Waals surface area contributed by atoms with Gasteiger partial charge in [0.15, 0.2) is 12.3 Å². The van der Waals surface area contributed by atoms with Crippen LogP contribution < -0.4 is 32.3 Å². The Hall–Kier alpha value is -4.57. The number of carbonyl (C=O) groups is 7. The van der Waals surface area contributed by atoms with E-state index in [1.165, 1.54) is 19.2 Å². The van der Waals surface area contributed by atoms with Gasteiger partial charge in [0, 0.05) is 26.2 Å². The lowest BCUT2D eigenvalue weighted by Gasteiger charge is -2.26. The Labute approximate surface area is 260 Å². The maximum Gasteiger partial charge on any atom is 0.326 e. The fourth-order valence-corrected chi connectivity index (χ4v) is 4.31. The van der Waals surface area contributed by atoms with Crippen molar-refractivity contribution in [3.05, 3.63) is 35.9 Å². The lowest BCUT2D eigenvalue weighted by atomic mass is 10.0. The SMILES string of the molecule is CC(C)C[C@H](NC(=O)[C@H](CC(=O)O)NC(=O)[C@H](C)NC(=O)[C@H](CCC(N)=O)[NH2+][C@H](C)O)C(=O)N[C@@H](Cc1ccccc1)C(=O)O. The number of nitrogens with one attached hydrogen (secondary N) is 4. The second kappa shape index (κ2) is 19.0. The summed E-state index contributed by atoms with van der Waals surface area (Å²) in [5.74, 6) is -7.01. The number of carbonyl (C=O) groups excluding carboxylic acids is 5. The molecular weight excluding hydrogens is 592 g/mol. The highest BCUT2D eigenvalue weighted by Crippen LogP contribution is 2.09. The highest BCUT2D eigenvalue weighted by Gasteiger charge is 2.33. The van der Waals surface area contributed by atoms with Crippen molar-refractivity contribution in [1.82, 2.24) is 21.3 Å². The highest BCUT2D eigenvalue weighted by molar-refractivity contribution is 5.96. The number of amides is 5. The monoisotopic (exact) mass is 637 g/mol. The minimum atomic E-state index is -1.66. The molecule has 0 bridgehead atoms. The first-order valence-corrected chi connectivity index (χ1v) is 14.5. The van der Waals surface area contributed by atoms with Crippen LogP contribution in [-0.4, -0.2) is 93.2 Å². The molecule has 0 heterocycles.